The van der Waals surface area contributed by atoms with Gasteiger partial charge in [-0.3, -0.25) is 9.59 Å². The molecule has 0 aliphatic carbocycles. The molecular formula is C23H30N2O5S. The van der Waals surface area contributed by atoms with Crippen molar-refractivity contribution in [3.8, 4) is 0 Å². The highest BCUT2D eigenvalue weighted by Gasteiger charge is 2.38. The van der Waals surface area contributed by atoms with E-state index in [1.165, 1.54) is 12.1 Å². The molecule has 0 bridgehead atoms. The molecule has 0 aliphatic rings. The molecule has 8 heteroatoms. The average molecular weight is 447 g/mol. The van der Waals surface area contributed by atoms with Crippen LogP contribution < -0.4 is 10.0 Å². The molecule has 1 atom stereocenters. The number of hydrogen-bond donors (Lipinski definition) is 2. The van der Waals surface area contributed by atoms with Gasteiger partial charge in [0.1, 0.15) is 0 Å². The fourth-order valence-corrected chi connectivity index (χ4v) is 4.38. The maximum absolute atomic E-state index is 12.9. The van der Waals surface area contributed by atoms with E-state index in [1.54, 1.807) is 52.8 Å². The van der Waals surface area contributed by atoms with Crippen molar-refractivity contribution < 1.29 is 22.7 Å². The van der Waals surface area contributed by atoms with Crippen LogP contribution >= 0.6 is 0 Å². The molecule has 2 aromatic rings. The predicted molar refractivity (Wildman–Crippen MR) is 121 cm³/mol. The average Bonchev–Trinajstić information content (AvgIpc) is 2.69. The van der Waals surface area contributed by atoms with Gasteiger partial charge in [0.05, 0.1) is 16.9 Å². The number of hydrogen-bond acceptors (Lipinski definition) is 5. The zero-order chi connectivity index (χ0) is 23.4. The molecule has 2 aromatic carbocycles. The van der Waals surface area contributed by atoms with Gasteiger partial charge >= 0.3 is 5.97 Å². The van der Waals surface area contributed by atoms with Crippen LogP contribution in [-0.4, -0.2) is 32.9 Å². The van der Waals surface area contributed by atoms with E-state index in [0.29, 0.717) is 16.8 Å². The molecule has 0 saturated carbocycles. The normalized spacial score (nSPS) is 12.8. The second-order valence-corrected chi connectivity index (χ2v) is 9.74. The van der Waals surface area contributed by atoms with Crippen molar-refractivity contribution >= 4 is 27.6 Å². The molecule has 0 saturated heterocycles. The quantitative estimate of drug-likeness (QED) is 0.601. The topological polar surface area (TPSA) is 102 Å². The number of carbonyl (C=O) groups is 2. The minimum Gasteiger partial charge on any atom is -0.466 e. The van der Waals surface area contributed by atoms with E-state index >= 15 is 0 Å². The first kappa shape index (κ1) is 24.6. The summed E-state index contributed by atoms with van der Waals surface area (Å²) in [6.45, 7) is 10.4. The molecule has 2 N–H and O–H groups in total. The molecule has 0 aliphatic heterocycles. The molecule has 0 heterocycles. The smallest absolute Gasteiger partial charge is 0.313 e. The maximum atomic E-state index is 12.9. The second-order valence-electron chi connectivity index (χ2n) is 8.03. The highest BCUT2D eigenvalue weighted by atomic mass is 32.2. The van der Waals surface area contributed by atoms with Crippen molar-refractivity contribution in [2.75, 3.05) is 11.9 Å². The number of benzene rings is 2. The Labute approximate surface area is 184 Å². The van der Waals surface area contributed by atoms with E-state index in [4.69, 9.17) is 4.74 Å². The Kier molecular flexibility index (Phi) is 7.62. The Balaban J connectivity index is 2.20. The van der Waals surface area contributed by atoms with Crippen molar-refractivity contribution in [3.63, 3.8) is 0 Å². The fourth-order valence-electron chi connectivity index (χ4n) is 2.90. The van der Waals surface area contributed by atoms with Crippen molar-refractivity contribution in [2.45, 2.75) is 52.5 Å². The van der Waals surface area contributed by atoms with Gasteiger partial charge in [0.15, 0.2) is 0 Å². The van der Waals surface area contributed by atoms with Crippen LogP contribution in [0.15, 0.2) is 47.4 Å². The van der Waals surface area contributed by atoms with Gasteiger partial charge in [-0.2, -0.15) is 0 Å². The Bertz CT molecular complexity index is 1080. The summed E-state index contributed by atoms with van der Waals surface area (Å²) < 4.78 is 33.3. The largest absolute Gasteiger partial charge is 0.466 e. The first-order valence-corrected chi connectivity index (χ1v) is 11.6. The van der Waals surface area contributed by atoms with Gasteiger partial charge in [-0.1, -0.05) is 18.2 Å². The lowest BCUT2D eigenvalue weighted by Gasteiger charge is -2.29. The van der Waals surface area contributed by atoms with Crippen LogP contribution in [0, 0.1) is 19.3 Å². The monoisotopic (exact) mass is 446 g/mol. The van der Waals surface area contributed by atoms with E-state index in [2.05, 4.69) is 10.0 Å². The van der Waals surface area contributed by atoms with E-state index in [9.17, 15) is 18.0 Å². The Hall–Kier alpha value is -2.71. The molecule has 7 nitrogen and oxygen atoms in total. The highest BCUT2D eigenvalue weighted by molar-refractivity contribution is 7.89. The van der Waals surface area contributed by atoms with Gasteiger partial charge in [-0.05, 0) is 76.9 Å². The molecule has 0 radical (unpaired) electrons. The number of anilines is 1. The number of esters is 1. The lowest BCUT2D eigenvalue weighted by Crippen LogP contribution is -2.47. The summed E-state index contributed by atoms with van der Waals surface area (Å²) in [5.74, 6) is -0.740. The van der Waals surface area contributed by atoms with Crippen LogP contribution in [0.3, 0.4) is 0 Å². The van der Waals surface area contributed by atoms with Crippen LogP contribution in [0.2, 0.25) is 0 Å². The number of aryl methyl sites for hydroxylation is 2. The molecule has 0 fully saturated rings. The third-order valence-electron chi connectivity index (χ3n) is 5.36. The van der Waals surface area contributed by atoms with Crippen molar-refractivity contribution in [1.82, 2.24) is 4.72 Å². The van der Waals surface area contributed by atoms with Gasteiger partial charge in [0.25, 0.3) is 5.91 Å². The molecule has 0 spiro atoms. The second kappa shape index (κ2) is 9.62. The van der Waals surface area contributed by atoms with Gasteiger partial charge in [0, 0.05) is 17.3 Å². The standard InChI is InChI=1S/C23H30N2O5S/c1-7-30-22(27)23(5,6)17(4)25-31(28,29)18-12-13-20(16(3)14-18)24-21(26)19-11-9-8-10-15(19)2/h8-14,17,25H,7H2,1-6H3,(H,24,26). The summed E-state index contributed by atoms with van der Waals surface area (Å²) in [6.07, 6.45) is 0. The first-order chi connectivity index (χ1) is 14.4. The lowest BCUT2D eigenvalue weighted by atomic mass is 9.86. The van der Waals surface area contributed by atoms with Gasteiger partial charge < -0.3 is 10.1 Å². The van der Waals surface area contributed by atoms with Crippen LogP contribution in [0.1, 0.15) is 49.2 Å². The van der Waals surface area contributed by atoms with Gasteiger partial charge in [-0.15, -0.1) is 0 Å². The number of rotatable bonds is 8. The van der Waals surface area contributed by atoms with Gasteiger partial charge in [0.2, 0.25) is 10.0 Å². The molecule has 2 rings (SSSR count). The van der Waals surface area contributed by atoms with Crippen LogP contribution in [0.4, 0.5) is 5.69 Å². The van der Waals surface area contributed by atoms with E-state index < -0.39 is 27.4 Å². The van der Waals surface area contributed by atoms with Crippen molar-refractivity contribution in [2.24, 2.45) is 5.41 Å². The number of carbonyl (C=O) groups excluding carboxylic acids is 2. The summed E-state index contributed by atoms with van der Waals surface area (Å²) in [6, 6.07) is 11.0. The number of nitrogens with one attached hydrogen (secondary N) is 2. The molecule has 168 valence electrons. The Morgan fingerprint density at radius 1 is 1.06 bits per heavy atom. The number of ether oxygens (including phenoxy) is 1. The minimum absolute atomic E-state index is 0.0467. The molecule has 1 unspecified atom stereocenters. The third-order valence-corrected chi connectivity index (χ3v) is 6.90. The Morgan fingerprint density at radius 3 is 2.29 bits per heavy atom. The summed E-state index contributed by atoms with van der Waals surface area (Å²) in [7, 11) is -3.89. The van der Waals surface area contributed by atoms with E-state index in [-0.39, 0.29) is 17.4 Å². The molecule has 0 aromatic heterocycles. The zero-order valence-corrected chi connectivity index (χ0v) is 19.6. The first-order valence-electron chi connectivity index (χ1n) is 10.1. The predicted octanol–water partition coefficient (Wildman–Crippen LogP) is 3.81. The Morgan fingerprint density at radius 2 is 1.71 bits per heavy atom. The molecule has 31 heavy (non-hydrogen) atoms. The number of amides is 1. The third kappa shape index (κ3) is 5.71. The molecular weight excluding hydrogens is 416 g/mol. The lowest BCUT2D eigenvalue weighted by molar-refractivity contribution is -0.154. The highest BCUT2D eigenvalue weighted by Crippen LogP contribution is 2.26. The van der Waals surface area contributed by atoms with Crippen molar-refractivity contribution in [3.05, 3.63) is 59.2 Å². The number of sulfonamides is 1. The van der Waals surface area contributed by atoms with Crippen molar-refractivity contribution in [1.29, 1.82) is 0 Å². The summed E-state index contributed by atoms with van der Waals surface area (Å²) in [4.78, 5) is 24.8. The van der Waals surface area contributed by atoms with Crippen LogP contribution in [-0.2, 0) is 19.6 Å². The van der Waals surface area contributed by atoms with E-state index in [0.717, 1.165) is 5.56 Å². The summed E-state index contributed by atoms with van der Waals surface area (Å²) in [5.41, 5.74) is 1.48. The fraction of sp³-hybridized carbons (Fsp3) is 0.391. The van der Waals surface area contributed by atoms with Crippen LogP contribution in [0.5, 0.6) is 0 Å². The zero-order valence-electron chi connectivity index (χ0n) is 18.8. The SMILES string of the molecule is CCOC(=O)C(C)(C)C(C)NS(=O)(=O)c1ccc(NC(=O)c2ccccc2C)c(C)c1. The van der Waals surface area contributed by atoms with Gasteiger partial charge in [-0.25, -0.2) is 13.1 Å². The van der Waals surface area contributed by atoms with E-state index in [1.807, 2.05) is 19.1 Å². The summed E-state index contributed by atoms with van der Waals surface area (Å²) in [5, 5.41) is 2.82. The minimum atomic E-state index is -3.89. The maximum Gasteiger partial charge on any atom is 0.313 e. The molecule has 1 amide bonds. The summed E-state index contributed by atoms with van der Waals surface area (Å²) >= 11 is 0. The van der Waals surface area contributed by atoms with Crippen LogP contribution in [0.25, 0.3) is 0 Å².